The number of piperidine rings is 1. The third-order valence-corrected chi connectivity index (χ3v) is 5.60. The highest BCUT2D eigenvalue weighted by atomic mass is 35.5. The molecule has 4 atom stereocenters. The van der Waals surface area contributed by atoms with Crippen LogP contribution in [0.5, 0.6) is 0 Å². The lowest BCUT2D eigenvalue weighted by atomic mass is 9.77. The van der Waals surface area contributed by atoms with Gasteiger partial charge in [-0.25, -0.2) is 0 Å². The summed E-state index contributed by atoms with van der Waals surface area (Å²) < 4.78 is 0. The third-order valence-electron chi connectivity index (χ3n) is 4.86. The van der Waals surface area contributed by atoms with E-state index in [1.165, 1.54) is 6.42 Å². The molecule has 2 saturated heterocycles. The first kappa shape index (κ1) is 13.4. The van der Waals surface area contributed by atoms with Gasteiger partial charge in [0.2, 0.25) is 0 Å². The Morgan fingerprint density at radius 1 is 1.26 bits per heavy atom. The van der Waals surface area contributed by atoms with Gasteiger partial charge < -0.3 is 4.79 Å². The molecule has 1 aromatic carbocycles. The second kappa shape index (κ2) is 5.08. The molecule has 1 aromatic rings. The van der Waals surface area contributed by atoms with E-state index < -0.39 is 0 Å². The Morgan fingerprint density at radius 3 is 2.74 bits per heavy atom. The zero-order valence-electron chi connectivity index (χ0n) is 10.9. The Morgan fingerprint density at radius 2 is 2.05 bits per heavy atom. The van der Waals surface area contributed by atoms with Crippen LogP contribution in [-0.4, -0.2) is 30.3 Å². The van der Waals surface area contributed by atoms with Gasteiger partial charge in [0.1, 0.15) is 6.29 Å². The van der Waals surface area contributed by atoms with Crippen molar-refractivity contribution in [3.05, 3.63) is 33.8 Å². The minimum atomic E-state index is 0.0704. The molecule has 2 heterocycles. The first-order valence-electron chi connectivity index (χ1n) is 6.74. The molecule has 1 unspecified atom stereocenters. The molecule has 0 aliphatic carbocycles. The lowest BCUT2D eigenvalue weighted by Gasteiger charge is -2.41. The molecule has 102 valence electrons. The number of nitrogens with zero attached hydrogens (tertiary/aromatic N) is 1. The standard InChI is InChI=1S/C15H17Cl2NO/c1-18-10-3-5-15(18)12(8-19)11(7-10)9-2-4-13(16)14(17)6-9/h2,4,6,8,10-12,15H,3,5,7H2,1H3/t10?,11-,12-,15-/m0/s1. The van der Waals surface area contributed by atoms with Crippen LogP contribution < -0.4 is 0 Å². The highest BCUT2D eigenvalue weighted by Crippen LogP contribution is 2.45. The fourth-order valence-corrected chi connectivity index (χ4v) is 4.10. The fraction of sp³-hybridized carbons (Fsp3) is 0.533. The van der Waals surface area contributed by atoms with Gasteiger partial charge in [0.15, 0.2) is 0 Å². The van der Waals surface area contributed by atoms with E-state index in [4.69, 9.17) is 23.2 Å². The highest BCUT2D eigenvalue weighted by Gasteiger charge is 2.45. The average Bonchev–Trinajstić information content (AvgIpc) is 2.65. The van der Waals surface area contributed by atoms with E-state index >= 15 is 0 Å². The number of carbonyl (C=O) groups is 1. The number of benzene rings is 1. The number of hydrogen-bond acceptors (Lipinski definition) is 2. The number of hydrogen-bond donors (Lipinski definition) is 0. The van der Waals surface area contributed by atoms with Gasteiger partial charge in [-0.1, -0.05) is 29.3 Å². The van der Waals surface area contributed by atoms with Crippen LogP contribution in [0, 0.1) is 5.92 Å². The zero-order chi connectivity index (χ0) is 13.6. The van der Waals surface area contributed by atoms with E-state index in [0.717, 1.165) is 24.7 Å². The van der Waals surface area contributed by atoms with Crippen LogP contribution in [0.25, 0.3) is 0 Å². The van der Waals surface area contributed by atoms with Gasteiger partial charge in [-0.2, -0.15) is 0 Å². The van der Waals surface area contributed by atoms with E-state index in [1.807, 2.05) is 18.2 Å². The van der Waals surface area contributed by atoms with Crippen molar-refractivity contribution in [2.24, 2.45) is 5.92 Å². The Kier molecular flexibility index (Phi) is 3.59. The highest BCUT2D eigenvalue weighted by molar-refractivity contribution is 6.42. The van der Waals surface area contributed by atoms with Crippen molar-refractivity contribution in [1.29, 1.82) is 0 Å². The van der Waals surface area contributed by atoms with Gasteiger partial charge >= 0.3 is 0 Å². The predicted octanol–water partition coefficient (Wildman–Crippen LogP) is 3.76. The molecule has 0 aromatic heterocycles. The predicted molar refractivity (Wildman–Crippen MR) is 77.9 cm³/mol. The number of halogens is 2. The van der Waals surface area contributed by atoms with Gasteiger partial charge in [0, 0.05) is 18.0 Å². The zero-order valence-corrected chi connectivity index (χ0v) is 12.4. The normalized spacial score (nSPS) is 34.5. The van der Waals surface area contributed by atoms with Crippen LogP contribution >= 0.6 is 23.2 Å². The molecule has 2 fully saturated rings. The first-order valence-corrected chi connectivity index (χ1v) is 7.49. The van der Waals surface area contributed by atoms with Gasteiger partial charge in [-0.05, 0) is 49.9 Å². The summed E-state index contributed by atoms with van der Waals surface area (Å²) in [5.74, 6) is 0.349. The van der Waals surface area contributed by atoms with E-state index in [0.29, 0.717) is 22.1 Å². The number of rotatable bonds is 2. The largest absolute Gasteiger partial charge is 0.303 e. The molecule has 2 aliphatic heterocycles. The maximum Gasteiger partial charge on any atom is 0.125 e. The van der Waals surface area contributed by atoms with Crippen LogP contribution in [0.3, 0.4) is 0 Å². The van der Waals surface area contributed by atoms with Crippen molar-refractivity contribution < 1.29 is 4.79 Å². The molecule has 2 bridgehead atoms. The minimum Gasteiger partial charge on any atom is -0.303 e. The maximum atomic E-state index is 11.5. The van der Waals surface area contributed by atoms with Crippen molar-refractivity contribution in [2.45, 2.75) is 37.3 Å². The van der Waals surface area contributed by atoms with Crippen LogP contribution in [0.1, 0.15) is 30.7 Å². The summed E-state index contributed by atoms with van der Waals surface area (Å²) in [7, 11) is 2.14. The molecular formula is C15H17Cl2NO. The van der Waals surface area contributed by atoms with E-state index in [-0.39, 0.29) is 11.8 Å². The smallest absolute Gasteiger partial charge is 0.125 e. The molecule has 2 nitrogen and oxygen atoms in total. The van der Waals surface area contributed by atoms with Gasteiger partial charge in [-0.3, -0.25) is 4.90 Å². The maximum absolute atomic E-state index is 11.5. The Labute approximate surface area is 123 Å². The molecule has 19 heavy (non-hydrogen) atoms. The van der Waals surface area contributed by atoms with E-state index in [1.54, 1.807) is 0 Å². The molecule has 0 radical (unpaired) electrons. The summed E-state index contributed by atoms with van der Waals surface area (Å²) >= 11 is 12.1. The summed E-state index contributed by atoms with van der Waals surface area (Å²) in [6, 6.07) is 6.76. The summed E-state index contributed by atoms with van der Waals surface area (Å²) in [5, 5.41) is 1.15. The van der Waals surface area contributed by atoms with Crippen molar-refractivity contribution in [3.8, 4) is 0 Å². The number of aldehydes is 1. The third kappa shape index (κ3) is 2.20. The topological polar surface area (TPSA) is 20.3 Å². The molecule has 4 heteroatoms. The van der Waals surface area contributed by atoms with Crippen molar-refractivity contribution in [3.63, 3.8) is 0 Å². The molecule has 0 spiro atoms. The second-order valence-electron chi connectivity index (χ2n) is 5.69. The van der Waals surface area contributed by atoms with Crippen molar-refractivity contribution >= 4 is 29.5 Å². The number of carbonyl (C=O) groups excluding carboxylic acids is 1. The lowest BCUT2D eigenvalue weighted by molar-refractivity contribution is -0.114. The SMILES string of the molecule is CN1C2CC[C@H]1[C@@H](C=O)[C@H](c1ccc(Cl)c(Cl)c1)C2. The van der Waals surface area contributed by atoms with Crippen LogP contribution in [-0.2, 0) is 4.79 Å². The van der Waals surface area contributed by atoms with Gasteiger partial charge in [-0.15, -0.1) is 0 Å². The molecule has 2 aliphatic rings. The molecule has 0 saturated carbocycles. The summed E-state index contributed by atoms with van der Waals surface area (Å²) in [5.41, 5.74) is 1.15. The van der Waals surface area contributed by atoms with Gasteiger partial charge in [0.25, 0.3) is 0 Å². The van der Waals surface area contributed by atoms with E-state index in [9.17, 15) is 4.79 Å². The average molecular weight is 298 g/mol. The molecule has 3 rings (SSSR count). The van der Waals surface area contributed by atoms with E-state index in [2.05, 4.69) is 11.9 Å². The van der Waals surface area contributed by atoms with Crippen molar-refractivity contribution in [2.75, 3.05) is 7.05 Å². The minimum absolute atomic E-state index is 0.0704. The Bertz CT molecular complexity index is 505. The quantitative estimate of drug-likeness (QED) is 0.775. The number of fused-ring (bicyclic) bond motifs is 2. The fourth-order valence-electron chi connectivity index (χ4n) is 3.79. The second-order valence-corrected chi connectivity index (χ2v) is 6.51. The molecular weight excluding hydrogens is 281 g/mol. The van der Waals surface area contributed by atoms with Crippen LogP contribution in [0.15, 0.2) is 18.2 Å². The van der Waals surface area contributed by atoms with Crippen molar-refractivity contribution in [1.82, 2.24) is 4.90 Å². The molecule has 0 amide bonds. The first-order chi connectivity index (χ1) is 9.11. The molecule has 0 N–H and O–H groups in total. The Balaban J connectivity index is 1.95. The monoisotopic (exact) mass is 297 g/mol. The van der Waals surface area contributed by atoms with Gasteiger partial charge in [0.05, 0.1) is 10.0 Å². The summed E-state index contributed by atoms with van der Waals surface area (Å²) in [6.45, 7) is 0. The van der Waals surface area contributed by atoms with Crippen LogP contribution in [0.2, 0.25) is 10.0 Å². The lowest BCUT2D eigenvalue weighted by Crippen LogP contribution is -2.46. The summed E-state index contributed by atoms with van der Waals surface area (Å²) in [6.07, 6.45) is 4.50. The Hall–Kier alpha value is -0.570. The summed E-state index contributed by atoms with van der Waals surface area (Å²) in [4.78, 5) is 13.9. The van der Waals surface area contributed by atoms with Crippen LogP contribution in [0.4, 0.5) is 0 Å².